The van der Waals surface area contributed by atoms with Crippen molar-refractivity contribution in [3.8, 4) is 0 Å². The van der Waals surface area contributed by atoms with E-state index in [1.807, 2.05) is 6.92 Å². The molecule has 1 aromatic heterocycles. The predicted molar refractivity (Wildman–Crippen MR) is 78.1 cm³/mol. The number of hydrazine groups is 1. The van der Waals surface area contributed by atoms with Crippen LogP contribution in [0.1, 0.15) is 22.9 Å². The largest absolute Gasteiger partial charge is 0.271 e. The van der Waals surface area contributed by atoms with Crippen LogP contribution in [0.4, 0.5) is 4.39 Å². The molecule has 0 radical (unpaired) electrons. The minimum atomic E-state index is -0.457. The summed E-state index contributed by atoms with van der Waals surface area (Å²) in [5.74, 6) is 5.13. The number of aromatic nitrogens is 2. The molecule has 2 aromatic rings. The Labute approximate surface area is 126 Å². The van der Waals surface area contributed by atoms with E-state index in [1.165, 1.54) is 6.07 Å². The third kappa shape index (κ3) is 2.96. The van der Waals surface area contributed by atoms with Crippen molar-refractivity contribution in [1.29, 1.82) is 0 Å². The van der Waals surface area contributed by atoms with Crippen LogP contribution in [0.25, 0.3) is 0 Å². The molecule has 1 heterocycles. The zero-order valence-corrected chi connectivity index (χ0v) is 12.6. The standard InChI is InChI=1S/C13H15Cl2FN4/c1-7-9(13(15)20(2)19-7)6-12(18-17)8-3-4-11(16)10(14)5-8/h3-5,12,18H,6,17H2,1-2H3. The van der Waals surface area contributed by atoms with Crippen molar-refractivity contribution in [1.82, 2.24) is 15.2 Å². The number of rotatable bonds is 4. The average molecular weight is 317 g/mol. The molecule has 0 bridgehead atoms. The zero-order valence-electron chi connectivity index (χ0n) is 11.1. The number of nitrogens with two attached hydrogens (primary N) is 1. The summed E-state index contributed by atoms with van der Waals surface area (Å²) in [6, 6.07) is 4.29. The second-order valence-electron chi connectivity index (χ2n) is 4.58. The number of hydrogen-bond acceptors (Lipinski definition) is 3. The molecule has 0 saturated heterocycles. The van der Waals surface area contributed by atoms with Crippen LogP contribution in [0.3, 0.4) is 0 Å². The van der Waals surface area contributed by atoms with E-state index >= 15 is 0 Å². The van der Waals surface area contributed by atoms with Gasteiger partial charge in [0.1, 0.15) is 11.0 Å². The van der Waals surface area contributed by atoms with Gasteiger partial charge in [0.15, 0.2) is 0 Å². The molecule has 1 unspecified atom stereocenters. The Morgan fingerprint density at radius 3 is 2.65 bits per heavy atom. The summed E-state index contributed by atoms with van der Waals surface area (Å²) in [6.45, 7) is 1.88. The Balaban J connectivity index is 2.31. The Morgan fingerprint density at radius 1 is 1.45 bits per heavy atom. The van der Waals surface area contributed by atoms with Gasteiger partial charge in [0.25, 0.3) is 0 Å². The molecule has 0 saturated carbocycles. The quantitative estimate of drug-likeness (QED) is 0.673. The average Bonchev–Trinajstić information content (AvgIpc) is 2.65. The molecule has 0 aliphatic rings. The number of aryl methyl sites for hydroxylation is 2. The highest BCUT2D eigenvalue weighted by Crippen LogP contribution is 2.27. The number of benzene rings is 1. The first kappa shape index (κ1) is 15.3. The molecule has 1 atom stereocenters. The number of nitrogens with one attached hydrogen (secondary N) is 1. The lowest BCUT2D eigenvalue weighted by atomic mass is 10.00. The maximum atomic E-state index is 13.2. The van der Waals surface area contributed by atoms with E-state index in [9.17, 15) is 4.39 Å². The van der Waals surface area contributed by atoms with E-state index in [4.69, 9.17) is 29.0 Å². The lowest BCUT2D eigenvalue weighted by molar-refractivity contribution is 0.548. The second kappa shape index (κ2) is 6.10. The monoisotopic (exact) mass is 316 g/mol. The lowest BCUT2D eigenvalue weighted by Gasteiger charge is -2.16. The summed E-state index contributed by atoms with van der Waals surface area (Å²) in [4.78, 5) is 0. The highest BCUT2D eigenvalue weighted by molar-refractivity contribution is 6.31. The summed E-state index contributed by atoms with van der Waals surface area (Å²) < 4.78 is 14.8. The number of nitrogens with zero attached hydrogens (tertiary/aromatic N) is 2. The van der Waals surface area contributed by atoms with Crippen LogP contribution < -0.4 is 11.3 Å². The Bertz CT molecular complexity index is 627. The Kier molecular flexibility index (Phi) is 4.65. The normalized spacial score (nSPS) is 12.7. The van der Waals surface area contributed by atoms with Crippen molar-refractivity contribution in [2.24, 2.45) is 12.9 Å². The van der Waals surface area contributed by atoms with E-state index < -0.39 is 5.82 Å². The molecule has 0 aliphatic heterocycles. The van der Waals surface area contributed by atoms with Gasteiger partial charge in [-0.15, -0.1) is 0 Å². The van der Waals surface area contributed by atoms with E-state index in [1.54, 1.807) is 23.9 Å². The minimum absolute atomic E-state index is 0.0664. The van der Waals surface area contributed by atoms with Crippen LogP contribution >= 0.6 is 23.2 Å². The van der Waals surface area contributed by atoms with Gasteiger partial charge in [0.2, 0.25) is 0 Å². The summed E-state index contributed by atoms with van der Waals surface area (Å²) in [5.41, 5.74) is 5.23. The van der Waals surface area contributed by atoms with Crippen molar-refractivity contribution in [2.75, 3.05) is 0 Å². The van der Waals surface area contributed by atoms with Crippen molar-refractivity contribution in [2.45, 2.75) is 19.4 Å². The van der Waals surface area contributed by atoms with Crippen molar-refractivity contribution < 1.29 is 4.39 Å². The third-order valence-electron chi connectivity index (χ3n) is 3.23. The van der Waals surface area contributed by atoms with E-state index in [-0.39, 0.29) is 11.1 Å². The van der Waals surface area contributed by atoms with Gasteiger partial charge in [0.05, 0.1) is 16.8 Å². The Hall–Kier alpha value is -1.14. The van der Waals surface area contributed by atoms with Crippen LogP contribution in [-0.4, -0.2) is 9.78 Å². The summed E-state index contributed by atoms with van der Waals surface area (Å²) in [7, 11) is 1.78. The first-order valence-electron chi connectivity index (χ1n) is 6.03. The van der Waals surface area contributed by atoms with Crippen LogP contribution in [-0.2, 0) is 13.5 Å². The third-order valence-corrected chi connectivity index (χ3v) is 3.99. The van der Waals surface area contributed by atoms with E-state index in [0.29, 0.717) is 11.6 Å². The molecule has 0 amide bonds. The maximum absolute atomic E-state index is 13.2. The van der Waals surface area contributed by atoms with Crippen molar-refractivity contribution >= 4 is 23.2 Å². The van der Waals surface area contributed by atoms with Crippen LogP contribution in [0.2, 0.25) is 10.2 Å². The minimum Gasteiger partial charge on any atom is -0.271 e. The molecule has 0 spiro atoms. The van der Waals surface area contributed by atoms with Crippen molar-refractivity contribution in [3.05, 3.63) is 51.0 Å². The SMILES string of the molecule is Cc1nn(C)c(Cl)c1CC(NN)c1ccc(F)c(Cl)c1. The van der Waals surface area contributed by atoms with Gasteiger partial charge >= 0.3 is 0 Å². The maximum Gasteiger partial charge on any atom is 0.141 e. The number of halogens is 3. The predicted octanol–water partition coefficient (Wildman–Crippen LogP) is 2.92. The molecular weight excluding hydrogens is 302 g/mol. The van der Waals surface area contributed by atoms with Gasteiger partial charge in [0, 0.05) is 12.6 Å². The molecule has 2 rings (SSSR count). The van der Waals surface area contributed by atoms with Gasteiger partial charge in [-0.05, 0) is 31.0 Å². The van der Waals surface area contributed by atoms with Gasteiger partial charge < -0.3 is 0 Å². The van der Waals surface area contributed by atoms with Gasteiger partial charge in [-0.25, -0.2) is 4.39 Å². The molecule has 7 heteroatoms. The van der Waals surface area contributed by atoms with Gasteiger partial charge in [-0.1, -0.05) is 29.3 Å². The Morgan fingerprint density at radius 2 is 2.15 bits per heavy atom. The fourth-order valence-electron chi connectivity index (χ4n) is 2.11. The molecule has 0 fully saturated rings. The van der Waals surface area contributed by atoms with Crippen LogP contribution in [0, 0.1) is 12.7 Å². The summed E-state index contributed by atoms with van der Waals surface area (Å²) >= 11 is 12.0. The molecule has 3 N–H and O–H groups in total. The summed E-state index contributed by atoms with van der Waals surface area (Å²) in [5, 5.41) is 4.89. The number of hydrogen-bond donors (Lipinski definition) is 2. The summed E-state index contributed by atoms with van der Waals surface area (Å²) in [6.07, 6.45) is 0.539. The van der Waals surface area contributed by atoms with Crippen LogP contribution in [0.5, 0.6) is 0 Å². The van der Waals surface area contributed by atoms with E-state index in [2.05, 4.69) is 10.5 Å². The second-order valence-corrected chi connectivity index (χ2v) is 5.34. The topological polar surface area (TPSA) is 55.9 Å². The molecule has 20 heavy (non-hydrogen) atoms. The highest BCUT2D eigenvalue weighted by Gasteiger charge is 2.18. The zero-order chi connectivity index (χ0) is 14.9. The molecule has 0 aliphatic carbocycles. The highest BCUT2D eigenvalue weighted by atomic mass is 35.5. The fraction of sp³-hybridized carbons (Fsp3) is 0.308. The first-order chi connectivity index (χ1) is 9.43. The lowest BCUT2D eigenvalue weighted by Crippen LogP contribution is -2.29. The van der Waals surface area contributed by atoms with Gasteiger partial charge in [-0.2, -0.15) is 5.10 Å². The molecule has 1 aromatic carbocycles. The van der Waals surface area contributed by atoms with Crippen LogP contribution in [0.15, 0.2) is 18.2 Å². The van der Waals surface area contributed by atoms with E-state index in [0.717, 1.165) is 16.8 Å². The van der Waals surface area contributed by atoms with Gasteiger partial charge in [-0.3, -0.25) is 16.0 Å². The molecule has 4 nitrogen and oxygen atoms in total. The van der Waals surface area contributed by atoms with Crippen molar-refractivity contribution in [3.63, 3.8) is 0 Å². The first-order valence-corrected chi connectivity index (χ1v) is 6.78. The fourth-order valence-corrected chi connectivity index (χ4v) is 2.55. The molecule has 108 valence electrons. The molecular formula is C13H15Cl2FN4. The smallest absolute Gasteiger partial charge is 0.141 e.